The van der Waals surface area contributed by atoms with Gasteiger partial charge in [-0.25, -0.2) is 0 Å². The van der Waals surface area contributed by atoms with E-state index in [1.165, 1.54) is 0 Å². The first-order valence-corrected chi connectivity index (χ1v) is 8.23. The molecule has 3 rings (SSSR count). The predicted octanol–water partition coefficient (Wildman–Crippen LogP) is 3.43. The second-order valence-corrected chi connectivity index (χ2v) is 6.36. The van der Waals surface area contributed by atoms with Gasteiger partial charge in [0.25, 0.3) is 0 Å². The van der Waals surface area contributed by atoms with Crippen molar-refractivity contribution >= 4 is 23.2 Å². The minimum atomic E-state index is -0.530. The van der Waals surface area contributed by atoms with E-state index in [2.05, 4.69) is 11.4 Å². The third kappa shape index (κ3) is 3.24. The van der Waals surface area contributed by atoms with Crippen LogP contribution in [0, 0.1) is 11.3 Å². The number of benzene rings is 2. The van der Waals surface area contributed by atoms with Crippen LogP contribution < -0.4 is 10.2 Å². The zero-order chi connectivity index (χ0) is 18.0. The van der Waals surface area contributed by atoms with Gasteiger partial charge in [0.05, 0.1) is 17.6 Å². The lowest BCUT2D eigenvalue weighted by Gasteiger charge is -2.33. The molecule has 5 nitrogen and oxygen atoms in total. The smallest absolute Gasteiger partial charge is 0.235 e. The van der Waals surface area contributed by atoms with Crippen LogP contribution in [0.15, 0.2) is 48.5 Å². The molecule has 2 aromatic rings. The number of rotatable bonds is 3. The Kier molecular flexibility index (Phi) is 4.53. The Balaban J connectivity index is 2.02. The van der Waals surface area contributed by atoms with Gasteiger partial charge in [0.2, 0.25) is 11.8 Å². The second kappa shape index (κ2) is 6.78. The summed E-state index contributed by atoms with van der Waals surface area (Å²) in [6, 6.07) is 16.4. The van der Waals surface area contributed by atoms with E-state index in [0.717, 1.165) is 5.56 Å². The van der Waals surface area contributed by atoms with E-state index in [-0.39, 0.29) is 24.3 Å². The number of carbonyl (C=O) groups excluding carboxylic acids is 2. The first-order valence-electron chi connectivity index (χ1n) is 8.23. The number of amides is 2. The van der Waals surface area contributed by atoms with Gasteiger partial charge in [-0.1, -0.05) is 24.3 Å². The monoisotopic (exact) mass is 333 g/mol. The molecule has 0 fully saturated rings. The van der Waals surface area contributed by atoms with Gasteiger partial charge in [-0.15, -0.1) is 0 Å². The number of nitrogens with zero attached hydrogens (tertiary/aromatic N) is 2. The lowest BCUT2D eigenvalue weighted by molar-refractivity contribution is -0.124. The van der Waals surface area contributed by atoms with Crippen LogP contribution in [-0.4, -0.2) is 17.9 Å². The van der Waals surface area contributed by atoms with E-state index >= 15 is 0 Å². The second-order valence-electron chi connectivity index (χ2n) is 6.36. The molecule has 0 saturated carbocycles. The van der Waals surface area contributed by atoms with Crippen molar-refractivity contribution < 1.29 is 9.59 Å². The fourth-order valence-corrected chi connectivity index (χ4v) is 3.20. The number of nitrogens with one attached hydrogen (secondary N) is 1. The molecule has 0 aromatic heterocycles. The summed E-state index contributed by atoms with van der Waals surface area (Å²) in [5.74, 6) is -0.822. The Labute approximate surface area is 146 Å². The molecule has 0 radical (unpaired) electrons. The fourth-order valence-electron chi connectivity index (χ4n) is 3.20. The summed E-state index contributed by atoms with van der Waals surface area (Å²) in [4.78, 5) is 27.0. The SMILES string of the molecule is CC(C)N(C(=O)C1CC(=O)Nc2ccccc21)c1cccc(C#N)c1. The Hall–Kier alpha value is -3.13. The summed E-state index contributed by atoms with van der Waals surface area (Å²) < 4.78 is 0. The Morgan fingerprint density at radius 2 is 2.00 bits per heavy atom. The molecular formula is C20H19N3O2. The molecule has 0 aliphatic carbocycles. The van der Waals surface area contributed by atoms with E-state index in [1.807, 2.05) is 44.2 Å². The van der Waals surface area contributed by atoms with Crippen molar-refractivity contribution in [2.24, 2.45) is 0 Å². The highest BCUT2D eigenvalue weighted by Gasteiger charge is 2.34. The van der Waals surface area contributed by atoms with Crippen LogP contribution in [0.1, 0.15) is 37.3 Å². The van der Waals surface area contributed by atoms with Gasteiger partial charge in [0, 0.05) is 23.8 Å². The lowest BCUT2D eigenvalue weighted by atomic mass is 9.89. The number of carbonyl (C=O) groups is 2. The highest BCUT2D eigenvalue weighted by molar-refractivity contribution is 6.06. The van der Waals surface area contributed by atoms with Crippen LogP contribution in [0.2, 0.25) is 0 Å². The first-order chi connectivity index (χ1) is 12.0. The molecule has 1 atom stereocenters. The number of nitriles is 1. The minimum Gasteiger partial charge on any atom is -0.326 e. The number of hydrogen-bond donors (Lipinski definition) is 1. The van der Waals surface area contributed by atoms with E-state index < -0.39 is 5.92 Å². The highest BCUT2D eigenvalue weighted by atomic mass is 16.2. The average Bonchev–Trinajstić information content (AvgIpc) is 2.61. The molecule has 1 heterocycles. The lowest BCUT2D eigenvalue weighted by Crippen LogP contribution is -2.42. The van der Waals surface area contributed by atoms with Crippen molar-refractivity contribution in [3.8, 4) is 6.07 Å². The molecule has 5 heteroatoms. The Morgan fingerprint density at radius 1 is 1.24 bits per heavy atom. The van der Waals surface area contributed by atoms with Crippen LogP contribution in [0.25, 0.3) is 0 Å². The summed E-state index contributed by atoms with van der Waals surface area (Å²) in [6.07, 6.45) is 0.122. The van der Waals surface area contributed by atoms with Gasteiger partial charge in [0.1, 0.15) is 0 Å². The molecule has 1 aliphatic heterocycles. The van der Waals surface area contributed by atoms with Crippen molar-refractivity contribution in [2.45, 2.75) is 32.2 Å². The molecule has 0 saturated heterocycles. The van der Waals surface area contributed by atoms with Crippen molar-refractivity contribution in [1.82, 2.24) is 0 Å². The average molecular weight is 333 g/mol. The van der Waals surface area contributed by atoms with Crippen LogP contribution in [0.5, 0.6) is 0 Å². The molecule has 2 amide bonds. The minimum absolute atomic E-state index is 0.0985. The number of anilines is 2. The normalized spacial score (nSPS) is 15.9. The number of para-hydroxylation sites is 1. The summed E-state index contributed by atoms with van der Waals surface area (Å²) in [5, 5.41) is 11.9. The van der Waals surface area contributed by atoms with Gasteiger partial charge in [-0.05, 0) is 43.7 Å². The molecule has 2 aromatic carbocycles. The molecule has 25 heavy (non-hydrogen) atoms. The maximum absolute atomic E-state index is 13.3. The summed E-state index contributed by atoms with van der Waals surface area (Å²) >= 11 is 0. The summed E-state index contributed by atoms with van der Waals surface area (Å²) in [6.45, 7) is 3.84. The van der Waals surface area contributed by atoms with Crippen molar-refractivity contribution in [1.29, 1.82) is 5.26 Å². The van der Waals surface area contributed by atoms with Gasteiger partial charge in [-0.2, -0.15) is 5.26 Å². The topological polar surface area (TPSA) is 73.2 Å². The molecule has 0 bridgehead atoms. The molecule has 1 aliphatic rings. The van der Waals surface area contributed by atoms with Crippen molar-refractivity contribution in [2.75, 3.05) is 10.2 Å². The Morgan fingerprint density at radius 3 is 2.72 bits per heavy atom. The van der Waals surface area contributed by atoms with Gasteiger partial charge in [0.15, 0.2) is 0 Å². The Bertz CT molecular complexity index is 867. The highest BCUT2D eigenvalue weighted by Crippen LogP contribution is 2.35. The molecule has 1 unspecified atom stereocenters. The van der Waals surface area contributed by atoms with Crippen LogP contribution >= 0.6 is 0 Å². The maximum Gasteiger partial charge on any atom is 0.235 e. The van der Waals surface area contributed by atoms with Crippen molar-refractivity contribution in [3.05, 3.63) is 59.7 Å². The van der Waals surface area contributed by atoms with Gasteiger partial charge >= 0.3 is 0 Å². The summed E-state index contributed by atoms with van der Waals surface area (Å²) in [5.41, 5.74) is 2.68. The quantitative estimate of drug-likeness (QED) is 0.935. The molecular weight excluding hydrogens is 314 g/mol. The van der Waals surface area contributed by atoms with E-state index in [9.17, 15) is 9.59 Å². The van der Waals surface area contributed by atoms with Crippen molar-refractivity contribution in [3.63, 3.8) is 0 Å². The fraction of sp³-hybridized carbons (Fsp3) is 0.250. The zero-order valence-electron chi connectivity index (χ0n) is 14.2. The first kappa shape index (κ1) is 16.7. The van der Waals surface area contributed by atoms with Gasteiger partial charge < -0.3 is 10.2 Å². The van der Waals surface area contributed by atoms with Crippen LogP contribution in [0.4, 0.5) is 11.4 Å². The van der Waals surface area contributed by atoms with Gasteiger partial charge in [-0.3, -0.25) is 9.59 Å². The standard InChI is InChI=1S/C20H19N3O2/c1-13(2)23(15-7-5-6-14(10-15)12-21)20(25)17-11-19(24)22-18-9-4-3-8-16(17)18/h3-10,13,17H,11H2,1-2H3,(H,22,24). The summed E-state index contributed by atoms with van der Waals surface area (Å²) in [7, 11) is 0. The number of hydrogen-bond acceptors (Lipinski definition) is 3. The molecule has 126 valence electrons. The maximum atomic E-state index is 13.3. The van der Waals surface area contributed by atoms with Crippen LogP contribution in [-0.2, 0) is 9.59 Å². The van der Waals surface area contributed by atoms with Crippen LogP contribution in [0.3, 0.4) is 0 Å². The number of fused-ring (bicyclic) bond motifs is 1. The third-order valence-electron chi connectivity index (χ3n) is 4.31. The van der Waals surface area contributed by atoms with E-state index in [1.54, 1.807) is 23.1 Å². The predicted molar refractivity (Wildman–Crippen MR) is 96.2 cm³/mol. The van der Waals surface area contributed by atoms with E-state index in [4.69, 9.17) is 5.26 Å². The third-order valence-corrected chi connectivity index (χ3v) is 4.31. The zero-order valence-corrected chi connectivity index (χ0v) is 14.2. The molecule has 0 spiro atoms. The van der Waals surface area contributed by atoms with E-state index in [0.29, 0.717) is 16.9 Å². The molecule has 1 N–H and O–H groups in total. The largest absolute Gasteiger partial charge is 0.326 e.